The summed E-state index contributed by atoms with van der Waals surface area (Å²) >= 11 is 0. The Kier molecular flexibility index (Phi) is 5.80. The third-order valence-electron chi connectivity index (χ3n) is 4.08. The summed E-state index contributed by atoms with van der Waals surface area (Å²) < 4.78 is 0. The van der Waals surface area contributed by atoms with E-state index in [1.807, 2.05) is 12.4 Å². The Morgan fingerprint density at radius 3 is 3.05 bits per heavy atom. The van der Waals surface area contributed by atoms with E-state index < -0.39 is 0 Å². The zero-order chi connectivity index (χ0) is 13.5. The monoisotopic (exact) mass is 261 g/mol. The molecule has 19 heavy (non-hydrogen) atoms. The molecule has 1 aliphatic heterocycles. The summed E-state index contributed by atoms with van der Waals surface area (Å²) in [5, 5.41) is 3.73. The number of pyridine rings is 1. The second kappa shape index (κ2) is 7.61. The van der Waals surface area contributed by atoms with E-state index in [4.69, 9.17) is 0 Å². The first-order valence-electron chi connectivity index (χ1n) is 7.65. The molecule has 2 rings (SSSR count). The maximum absolute atomic E-state index is 4.15. The lowest BCUT2D eigenvalue weighted by molar-refractivity contribution is 0.282. The van der Waals surface area contributed by atoms with Gasteiger partial charge in [0.15, 0.2) is 0 Å². The second-order valence-corrected chi connectivity index (χ2v) is 5.65. The van der Waals surface area contributed by atoms with Gasteiger partial charge in [-0.15, -0.1) is 0 Å². The number of hydrogen-bond acceptors (Lipinski definition) is 3. The third kappa shape index (κ3) is 4.59. The Hall–Kier alpha value is -0.930. The minimum absolute atomic E-state index is 0.675. The van der Waals surface area contributed by atoms with E-state index in [2.05, 4.69) is 35.1 Å². The molecule has 0 bridgehead atoms. The standard InChI is InChI=1S/C16H27N3/c1-3-9-19-10-4-5-16(7-11-19)18-13-15-6-8-17-12-14(15)2/h6,8,12,16,18H,3-5,7,9-11,13H2,1-2H3. The lowest BCUT2D eigenvalue weighted by Crippen LogP contribution is -2.31. The summed E-state index contributed by atoms with van der Waals surface area (Å²) in [6, 6.07) is 2.80. The van der Waals surface area contributed by atoms with Crippen LogP contribution in [0.5, 0.6) is 0 Å². The number of likely N-dealkylation sites (tertiary alicyclic amines) is 1. The molecule has 1 unspecified atom stereocenters. The van der Waals surface area contributed by atoms with Crippen LogP contribution in [0.4, 0.5) is 0 Å². The Balaban J connectivity index is 1.79. The van der Waals surface area contributed by atoms with Crippen molar-refractivity contribution in [3.05, 3.63) is 29.6 Å². The van der Waals surface area contributed by atoms with Gasteiger partial charge < -0.3 is 10.2 Å². The first-order chi connectivity index (χ1) is 9.29. The van der Waals surface area contributed by atoms with Gasteiger partial charge in [0, 0.05) is 25.0 Å². The molecule has 1 N–H and O–H groups in total. The maximum Gasteiger partial charge on any atom is 0.0300 e. The van der Waals surface area contributed by atoms with Crippen LogP contribution < -0.4 is 5.32 Å². The molecule has 0 aliphatic carbocycles. The summed E-state index contributed by atoms with van der Waals surface area (Å²) in [4.78, 5) is 6.76. The molecule has 0 aromatic carbocycles. The van der Waals surface area contributed by atoms with Crippen molar-refractivity contribution in [1.82, 2.24) is 15.2 Å². The summed E-state index contributed by atoms with van der Waals surface area (Å²) in [6.07, 6.45) is 9.03. The van der Waals surface area contributed by atoms with E-state index in [1.165, 1.54) is 56.4 Å². The molecular formula is C16H27N3. The average molecular weight is 261 g/mol. The van der Waals surface area contributed by atoms with Crippen molar-refractivity contribution in [3.63, 3.8) is 0 Å². The fourth-order valence-electron chi connectivity index (χ4n) is 2.85. The largest absolute Gasteiger partial charge is 0.310 e. The molecule has 0 radical (unpaired) electrons. The molecule has 1 fully saturated rings. The van der Waals surface area contributed by atoms with Crippen LogP contribution >= 0.6 is 0 Å². The predicted molar refractivity (Wildman–Crippen MR) is 80.2 cm³/mol. The molecule has 1 aromatic rings. The van der Waals surface area contributed by atoms with E-state index in [0.29, 0.717) is 6.04 Å². The molecule has 0 amide bonds. The van der Waals surface area contributed by atoms with Crippen molar-refractivity contribution in [1.29, 1.82) is 0 Å². The highest BCUT2D eigenvalue weighted by Gasteiger charge is 2.15. The van der Waals surface area contributed by atoms with Crippen molar-refractivity contribution in [2.45, 2.75) is 52.1 Å². The van der Waals surface area contributed by atoms with Gasteiger partial charge in [0.05, 0.1) is 0 Å². The molecule has 1 atom stereocenters. The first-order valence-corrected chi connectivity index (χ1v) is 7.65. The molecular weight excluding hydrogens is 234 g/mol. The molecule has 0 spiro atoms. The first kappa shape index (κ1) is 14.5. The topological polar surface area (TPSA) is 28.2 Å². The van der Waals surface area contributed by atoms with Crippen LogP contribution in [0.2, 0.25) is 0 Å². The second-order valence-electron chi connectivity index (χ2n) is 5.65. The number of rotatable bonds is 5. The van der Waals surface area contributed by atoms with Gasteiger partial charge in [-0.3, -0.25) is 4.98 Å². The van der Waals surface area contributed by atoms with E-state index in [9.17, 15) is 0 Å². The van der Waals surface area contributed by atoms with Crippen LogP contribution in [0.1, 0.15) is 43.7 Å². The van der Waals surface area contributed by atoms with Crippen LogP contribution in [-0.4, -0.2) is 35.6 Å². The smallest absolute Gasteiger partial charge is 0.0300 e. The van der Waals surface area contributed by atoms with Crippen LogP contribution in [0.25, 0.3) is 0 Å². The van der Waals surface area contributed by atoms with Gasteiger partial charge in [0.1, 0.15) is 0 Å². The van der Waals surface area contributed by atoms with Crippen LogP contribution in [0.3, 0.4) is 0 Å². The molecule has 0 saturated carbocycles. The predicted octanol–water partition coefficient (Wildman–Crippen LogP) is 2.74. The van der Waals surface area contributed by atoms with Gasteiger partial charge in [-0.1, -0.05) is 6.92 Å². The lowest BCUT2D eigenvalue weighted by atomic mass is 10.1. The molecule has 1 aromatic heterocycles. The number of nitrogens with zero attached hydrogens (tertiary/aromatic N) is 2. The van der Waals surface area contributed by atoms with Gasteiger partial charge in [0.25, 0.3) is 0 Å². The fraction of sp³-hybridized carbons (Fsp3) is 0.688. The summed E-state index contributed by atoms with van der Waals surface area (Å²) in [6.45, 7) is 9.18. The highest BCUT2D eigenvalue weighted by molar-refractivity contribution is 5.21. The lowest BCUT2D eigenvalue weighted by Gasteiger charge is -2.19. The normalized spacial score (nSPS) is 21.3. The number of nitrogens with one attached hydrogen (secondary N) is 1. The quantitative estimate of drug-likeness (QED) is 0.883. The Bertz CT molecular complexity index is 378. The Labute approximate surface area is 117 Å². The van der Waals surface area contributed by atoms with Gasteiger partial charge in [0.2, 0.25) is 0 Å². The van der Waals surface area contributed by atoms with Crippen molar-refractivity contribution in [2.75, 3.05) is 19.6 Å². The number of aromatic nitrogens is 1. The van der Waals surface area contributed by atoms with Gasteiger partial charge >= 0.3 is 0 Å². The molecule has 1 aliphatic rings. The van der Waals surface area contributed by atoms with E-state index in [-0.39, 0.29) is 0 Å². The van der Waals surface area contributed by atoms with Gasteiger partial charge in [-0.25, -0.2) is 0 Å². The van der Waals surface area contributed by atoms with Crippen LogP contribution in [-0.2, 0) is 6.54 Å². The van der Waals surface area contributed by atoms with E-state index >= 15 is 0 Å². The molecule has 1 saturated heterocycles. The SMILES string of the molecule is CCCN1CCCC(NCc2ccncc2C)CC1. The van der Waals surface area contributed by atoms with E-state index in [1.54, 1.807) is 0 Å². The number of hydrogen-bond donors (Lipinski definition) is 1. The highest BCUT2D eigenvalue weighted by atomic mass is 15.1. The van der Waals surface area contributed by atoms with Crippen molar-refractivity contribution in [3.8, 4) is 0 Å². The zero-order valence-electron chi connectivity index (χ0n) is 12.4. The Morgan fingerprint density at radius 2 is 2.26 bits per heavy atom. The molecule has 2 heterocycles. The maximum atomic E-state index is 4.15. The van der Waals surface area contributed by atoms with Crippen LogP contribution in [0, 0.1) is 6.92 Å². The highest BCUT2D eigenvalue weighted by Crippen LogP contribution is 2.13. The van der Waals surface area contributed by atoms with E-state index in [0.717, 1.165) is 6.54 Å². The molecule has 106 valence electrons. The fourth-order valence-corrected chi connectivity index (χ4v) is 2.85. The minimum atomic E-state index is 0.675. The molecule has 3 heteroatoms. The average Bonchev–Trinajstić information content (AvgIpc) is 2.64. The van der Waals surface area contributed by atoms with Crippen molar-refractivity contribution >= 4 is 0 Å². The third-order valence-corrected chi connectivity index (χ3v) is 4.08. The van der Waals surface area contributed by atoms with Crippen molar-refractivity contribution < 1.29 is 0 Å². The number of aryl methyl sites for hydroxylation is 1. The van der Waals surface area contributed by atoms with Gasteiger partial charge in [-0.2, -0.15) is 0 Å². The van der Waals surface area contributed by atoms with Gasteiger partial charge in [-0.05, 0) is 69.4 Å². The van der Waals surface area contributed by atoms with Crippen LogP contribution in [0.15, 0.2) is 18.5 Å². The van der Waals surface area contributed by atoms with Crippen molar-refractivity contribution in [2.24, 2.45) is 0 Å². The zero-order valence-corrected chi connectivity index (χ0v) is 12.4. The summed E-state index contributed by atoms with van der Waals surface area (Å²) in [7, 11) is 0. The minimum Gasteiger partial charge on any atom is -0.310 e. The molecule has 3 nitrogen and oxygen atoms in total. The summed E-state index contributed by atoms with van der Waals surface area (Å²) in [5.74, 6) is 0. The Morgan fingerprint density at radius 1 is 1.37 bits per heavy atom. The summed E-state index contributed by atoms with van der Waals surface area (Å²) in [5.41, 5.74) is 2.67.